The average Bonchev–Trinajstić information content (AvgIpc) is 2.47. The van der Waals surface area contributed by atoms with Crippen LogP contribution in [-0.4, -0.2) is 43.6 Å². The summed E-state index contributed by atoms with van der Waals surface area (Å²) < 4.78 is 5.14. The molecular weight excluding hydrogens is 270 g/mol. The molecule has 0 bridgehead atoms. The van der Waals surface area contributed by atoms with Gasteiger partial charge in [0.05, 0.1) is 18.1 Å². The zero-order valence-electron chi connectivity index (χ0n) is 12.7. The van der Waals surface area contributed by atoms with Gasteiger partial charge in [-0.2, -0.15) is 0 Å². The summed E-state index contributed by atoms with van der Waals surface area (Å²) in [6.45, 7) is 3.86. The minimum Gasteiger partial charge on any atom is -0.496 e. The molecule has 1 saturated heterocycles. The van der Waals surface area contributed by atoms with Gasteiger partial charge in [0.15, 0.2) is 0 Å². The third-order valence-electron chi connectivity index (χ3n) is 3.82. The summed E-state index contributed by atoms with van der Waals surface area (Å²) >= 11 is 0. The van der Waals surface area contributed by atoms with Crippen LogP contribution in [0.3, 0.4) is 0 Å². The maximum Gasteiger partial charge on any atom is 0.273 e. The normalized spacial score (nSPS) is 18.7. The van der Waals surface area contributed by atoms with Crippen LogP contribution in [0.2, 0.25) is 0 Å². The summed E-state index contributed by atoms with van der Waals surface area (Å²) in [6, 6.07) is 4.94. The lowest BCUT2D eigenvalue weighted by Gasteiger charge is -2.27. The Bertz CT molecular complexity index is 487. The number of rotatable bonds is 6. The van der Waals surface area contributed by atoms with E-state index in [0.29, 0.717) is 18.2 Å². The first-order valence-electron chi connectivity index (χ1n) is 7.30. The van der Waals surface area contributed by atoms with Crippen LogP contribution in [0.1, 0.15) is 18.4 Å². The molecule has 21 heavy (non-hydrogen) atoms. The molecule has 1 aromatic carbocycles. The van der Waals surface area contributed by atoms with Crippen molar-refractivity contribution in [1.82, 2.24) is 10.2 Å². The summed E-state index contributed by atoms with van der Waals surface area (Å²) in [4.78, 5) is 12.8. The summed E-state index contributed by atoms with van der Waals surface area (Å²) in [7, 11) is 3.58. The molecule has 1 aromatic rings. The fourth-order valence-electron chi connectivity index (χ4n) is 2.85. The topological polar surface area (TPSA) is 67.6 Å². The molecule has 0 amide bonds. The van der Waals surface area contributed by atoms with E-state index in [4.69, 9.17) is 4.74 Å². The number of non-ortho nitro benzene ring substituents is 1. The lowest BCUT2D eigenvalue weighted by molar-refractivity contribution is -0.385. The van der Waals surface area contributed by atoms with Crippen LogP contribution in [0.15, 0.2) is 18.2 Å². The van der Waals surface area contributed by atoms with Crippen molar-refractivity contribution >= 4 is 5.69 Å². The SMILES string of the molecule is COc1cc(CN(C)CC2CCCNC2)cc([N+](=O)[O-])c1. The van der Waals surface area contributed by atoms with Gasteiger partial charge in [0.1, 0.15) is 5.75 Å². The Balaban J connectivity index is 2.00. The van der Waals surface area contributed by atoms with Gasteiger partial charge in [0.2, 0.25) is 0 Å². The molecule has 1 heterocycles. The highest BCUT2D eigenvalue weighted by molar-refractivity contribution is 5.42. The fourth-order valence-corrected chi connectivity index (χ4v) is 2.85. The van der Waals surface area contributed by atoms with E-state index >= 15 is 0 Å². The predicted molar refractivity (Wildman–Crippen MR) is 81.6 cm³/mol. The van der Waals surface area contributed by atoms with E-state index in [2.05, 4.69) is 17.3 Å². The molecule has 0 radical (unpaired) electrons. The van der Waals surface area contributed by atoms with Gasteiger partial charge < -0.3 is 15.0 Å². The minimum absolute atomic E-state index is 0.0806. The Labute approximate surface area is 125 Å². The number of nitro benzene ring substituents is 1. The third kappa shape index (κ3) is 4.68. The van der Waals surface area contributed by atoms with Gasteiger partial charge in [-0.3, -0.25) is 10.1 Å². The average molecular weight is 293 g/mol. The maximum atomic E-state index is 11.0. The quantitative estimate of drug-likeness (QED) is 0.642. The minimum atomic E-state index is -0.378. The Morgan fingerprint density at radius 2 is 2.29 bits per heavy atom. The van der Waals surface area contributed by atoms with Crippen molar-refractivity contribution in [3.8, 4) is 5.75 Å². The zero-order chi connectivity index (χ0) is 15.2. The van der Waals surface area contributed by atoms with Crippen LogP contribution in [0.4, 0.5) is 5.69 Å². The van der Waals surface area contributed by atoms with Crippen LogP contribution < -0.4 is 10.1 Å². The molecule has 0 spiro atoms. The second kappa shape index (κ2) is 7.38. The molecule has 1 aliphatic rings. The number of nitro groups is 1. The standard InChI is InChI=1S/C15H23N3O3/c1-17(10-12-4-3-5-16-9-12)11-13-6-14(18(19)20)8-15(7-13)21-2/h6-8,12,16H,3-5,9-11H2,1-2H3. The molecule has 0 aromatic heterocycles. The lowest BCUT2D eigenvalue weighted by Crippen LogP contribution is -2.36. The second-order valence-electron chi connectivity index (χ2n) is 5.71. The molecule has 1 fully saturated rings. The largest absolute Gasteiger partial charge is 0.496 e. The van der Waals surface area contributed by atoms with Crippen molar-refractivity contribution < 1.29 is 9.66 Å². The molecule has 6 heteroatoms. The monoisotopic (exact) mass is 293 g/mol. The highest BCUT2D eigenvalue weighted by Gasteiger charge is 2.16. The van der Waals surface area contributed by atoms with E-state index in [9.17, 15) is 10.1 Å². The smallest absolute Gasteiger partial charge is 0.273 e. The predicted octanol–water partition coefficient (Wildman–Crippen LogP) is 2.03. The summed E-state index contributed by atoms with van der Waals surface area (Å²) in [5, 5.41) is 14.4. The molecule has 0 aliphatic carbocycles. The molecule has 1 N–H and O–H groups in total. The van der Waals surface area contributed by atoms with Gasteiger partial charge in [-0.05, 0) is 50.5 Å². The van der Waals surface area contributed by atoms with Crippen molar-refractivity contribution in [2.24, 2.45) is 5.92 Å². The van der Waals surface area contributed by atoms with Crippen LogP contribution in [0, 0.1) is 16.0 Å². The number of piperidine rings is 1. The first-order valence-corrected chi connectivity index (χ1v) is 7.30. The number of benzene rings is 1. The zero-order valence-corrected chi connectivity index (χ0v) is 12.7. The van der Waals surface area contributed by atoms with Gasteiger partial charge in [0.25, 0.3) is 5.69 Å². The Kier molecular flexibility index (Phi) is 5.52. The van der Waals surface area contributed by atoms with Gasteiger partial charge in [-0.25, -0.2) is 0 Å². The van der Waals surface area contributed by atoms with Gasteiger partial charge in [-0.1, -0.05) is 0 Å². The molecule has 2 rings (SSSR count). The number of methoxy groups -OCH3 is 1. The first-order chi connectivity index (χ1) is 10.1. The molecule has 0 saturated carbocycles. The first kappa shape index (κ1) is 15.7. The van der Waals surface area contributed by atoms with Gasteiger partial charge in [0, 0.05) is 19.2 Å². The van der Waals surface area contributed by atoms with Crippen molar-refractivity contribution in [2.45, 2.75) is 19.4 Å². The highest BCUT2D eigenvalue weighted by Crippen LogP contribution is 2.23. The van der Waals surface area contributed by atoms with Crippen molar-refractivity contribution in [3.63, 3.8) is 0 Å². The fraction of sp³-hybridized carbons (Fsp3) is 0.600. The number of nitrogens with one attached hydrogen (secondary N) is 1. The van der Waals surface area contributed by atoms with Crippen LogP contribution in [-0.2, 0) is 6.54 Å². The molecule has 1 unspecified atom stereocenters. The van der Waals surface area contributed by atoms with Crippen molar-refractivity contribution in [3.05, 3.63) is 33.9 Å². The number of hydrogen-bond acceptors (Lipinski definition) is 5. The second-order valence-corrected chi connectivity index (χ2v) is 5.71. The van der Waals surface area contributed by atoms with Crippen molar-refractivity contribution in [1.29, 1.82) is 0 Å². The molecular formula is C15H23N3O3. The van der Waals surface area contributed by atoms with Gasteiger partial charge in [-0.15, -0.1) is 0 Å². The van der Waals surface area contributed by atoms with E-state index in [1.807, 2.05) is 6.07 Å². The molecule has 1 atom stereocenters. The van der Waals surface area contributed by atoms with Gasteiger partial charge >= 0.3 is 0 Å². The Hall–Kier alpha value is -1.66. The molecule has 6 nitrogen and oxygen atoms in total. The number of hydrogen-bond donors (Lipinski definition) is 1. The van der Waals surface area contributed by atoms with E-state index in [-0.39, 0.29) is 10.6 Å². The summed E-state index contributed by atoms with van der Waals surface area (Å²) in [5.74, 6) is 1.19. The summed E-state index contributed by atoms with van der Waals surface area (Å²) in [5.41, 5.74) is 0.990. The van der Waals surface area contributed by atoms with E-state index in [1.165, 1.54) is 26.0 Å². The van der Waals surface area contributed by atoms with E-state index in [1.54, 1.807) is 6.07 Å². The highest BCUT2D eigenvalue weighted by atomic mass is 16.6. The van der Waals surface area contributed by atoms with Crippen LogP contribution in [0.25, 0.3) is 0 Å². The van der Waals surface area contributed by atoms with Crippen LogP contribution >= 0.6 is 0 Å². The van der Waals surface area contributed by atoms with E-state index in [0.717, 1.165) is 25.2 Å². The lowest BCUT2D eigenvalue weighted by atomic mass is 9.99. The molecule has 116 valence electrons. The Morgan fingerprint density at radius 1 is 1.48 bits per heavy atom. The maximum absolute atomic E-state index is 11.0. The summed E-state index contributed by atoms with van der Waals surface area (Å²) in [6.07, 6.45) is 2.47. The number of ether oxygens (including phenoxy) is 1. The van der Waals surface area contributed by atoms with Crippen LogP contribution in [0.5, 0.6) is 5.75 Å². The third-order valence-corrected chi connectivity index (χ3v) is 3.82. The molecule has 1 aliphatic heterocycles. The van der Waals surface area contributed by atoms with Crippen molar-refractivity contribution in [2.75, 3.05) is 33.8 Å². The number of nitrogens with zero attached hydrogens (tertiary/aromatic N) is 2. The Morgan fingerprint density at radius 3 is 2.90 bits per heavy atom. The van der Waals surface area contributed by atoms with E-state index < -0.39 is 0 Å².